The SMILES string of the molecule is CC(=O)N1CC2C(C1)C2Nc1ncc2c(n1)CN(C(=O)NCc1ccccc1)C2(C)C. The number of carbonyl (C=O) groups is 2. The lowest BCUT2D eigenvalue weighted by molar-refractivity contribution is -0.128. The van der Waals surface area contributed by atoms with Gasteiger partial charge in [0.05, 0.1) is 17.8 Å². The van der Waals surface area contributed by atoms with Crippen LogP contribution in [0.5, 0.6) is 0 Å². The van der Waals surface area contributed by atoms with Crippen LogP contribution < -0.4 is 10.6 Å². The summed E-state index contributed by atoms with van der Waals surface area (Å²) < 4.78 is 0. The number of hydrogen-bond donors (Lipinski definition) is 2. The number of nitrogens with one attached hydrogen (secondary N) is 2. The van der Waals surface area contributed by atoms with Gasteiger partial charge in [0, 0.05) is 56.2 Å². The van der Waals surface area contributed by atoms with Crippen molar-refractivity contribution in [1.82, 2.24) is 25.1 Å². The predicted molar refractivity (Wildman–Crippen MR) is 116 cm³/mol. The highest BCUT2D eigenvalue weighted by Crippen LogP contribution is 2.47. The van der Waals surface area contributed by atoms with Crippen LogP contribution in [0.2, 0.25) is 0 Å². The molecular weight excluding hydrogens is 392 g/mol. The molecule has 2 fully saturated rings. The molecule has 1 aliphatic carbocycles. The summed E-state index contributed by atoms with van der Waals surface area (Å²) in [5.41, 5.74) is 2.45. The van der Waals surface area contributed by atoms with Gasteiger partial charge < -0.3 is 20.4 Å². The number of fused-ring (bicyclic) bond motifs is 2. The topological polar surface area (TPSA) is 90.5 Å². The minimum Gasteiger partial charge on any atom is -0.351 e. The van der Waals surface area contributed by atoms with Crippen molar-refractivity contribution in [2.45, 2.75) is 45.4 Å². The summed E-state index contributed by atoms with van der Waals surface area (Å²) >= 11 is 0. The molecular formula is C23H28N6O2. The fourth-order valence-corrected chi connectivity index (χ4v) is 4.95. The van der Waals surface area contributed by atoms with Crippen molar-refractivity contribution in [3.63, 3.8) is 0 Å². The van der Waals surface area contributed by atoms with Crippen LogP contribution >= 0.6 is 0 Å². The van der Waals surface area contributed by atoms with Gasteiger partial charge >= 0.3 is 6.03 Å². The van der Waals surface area contributed by atoms with Gasteiger partial charge in [-0.1, -0.05) is 30.3 Å². The maximum Gasteiger partial charge on any atom is 0.318 e. The molecule has 2 aromatic rings. The van der Waals surface area contributed by atoms with Gasteiger partial charge in [-0.15, -0.1) is 0 Å². The lowest BCUT2D eigenvalue weighted by atomic mass is 9.97. The second-order valence-electron chi connectivity index (χ2n) is 9.27. The summed E-state index contributed by atoms with van der Waals surface area (Å²) in [4.78, 5) is 37.4. The van der Waals surface area contributed by atoms with Gasteiger partial charge in [0.25, 0.3) is 0 Å². The van der Waals surface area contributed by atoms with Crippen molar-refractivity contribution in [3.05, 3.63) is 53.3 Å². The number of rotatable bonds is 4. The highest BCUT2D eigenvalue weighted by Gasteiger charge is 2.56. The van der Waals surface area contributed by atoms with Crippen molar-refractivity contribution < 1.29 is 9.59 Å². The number of piperidine rings is 1. The van der Waals surface area contributed by atoms with Crippen LogP contribution in [0, 0.1) is 11.8 Å². The molecule has 8 heteroatoms. The van der Waals surface area contributed by atoms with Crippen molar-refractivity contribution in [1.29, 1.82) is 0 Å². The van der Waals surface area contributed by atoms with Gasteiger partial charge in [0.15, 0.2) is 0 Å². The first-order valence-corrected chi connectivity index (χ1v) is 10.8. The molecule has 31 heavy (non-hydrogen) atoms. The molecule has 0 radical (unpaired) electrons. The number of urea groups is 1. The monoisotopic (exact) mass is 420 g/mol. The summed E-state index contributed by atoms with van der Waals surface area (Å²) in [6.45, 7) is 8.24. The van der Waals surface area contributed by atoms with E-state index >= 15 is 0 Å². The molecule has 2 atom stereocenters. The van der Waals surface area contributed by atoms with E-state index in [0.717, 1.165) is 29.9 Å². The Morgan fingerprint density at radius 2 is 1.87 bits per heavy atom. The largest absolute Gasteiger partial charge is 0.351 e. The minimum absolute atomic E-state index is 0.109. The van der Waals surface area contributed by atoms with Crippen LogP contribution in [0.25, 0.3) is 0 Å². The Morgan fingerprint density at radius 3 is 2.55 bits per heavy atom. The number of aromatic nitrogens is 2. The Balaban J connectivity index is 1.23. The molecule has 1 aromatic carbocycles. The molecule has 2 unspecified atom stereocenters. The summed E-state index contributed by atoms with van der Waals surface area (Å²) in [6.07, 6.45) is 1.84. The third-order valence-electron chi connectivity index (χ3n) is 6.98. The van der Waals surface area contributed by atoms with Gasteiger partial charge in [-0.3, -0.25) is 4.79 Å². The van der Waals surface area contributed by atoms with E-state index in [-0.39, 0.29) is 11.9 Å². The number of hydrogen-bond acceptors (Lipinski definition) is 5. The molecule has 3 amide bonds. The van der Waals surface area contributed by atoms with E-state index < -0.39 is 5.54 Å². The van der Waals surface area contributed by atoms with Gasteiger partial charge in [0.1, 0.15) is 0 Å². The summed E-state index contributed by atoms with van der Waals surface area (Å²) in [5.74, 6) is 1.72. The standard InChI is InChI=1S/C23H28N6O2/c1-14(30)28-11-16-17(12-28)20(16)27-21-24-10-18-19(26-21)13-29(23(18,2)3)22(31)25-9-15-7-5-4-6-8-15/h4-8,10,16-17,20H,9,11-13H2,1-3H3,(H,25,31)(H,24,26,27). The lowest BCUT2D eigenvalue weighted by Crippen LogP contribution is -2.45. The molecule has 162 valence electrons. The molecule has 1 saturated heterocycles. The van der Waals surface area contributed by atoms with Crippen molar-refractivity contribution in [3.8, 4) is 0 Å². The van der Waals surface area contributed by atoms with E-state index in [0.29, 0.717) is 36.9 Å². The van der Waals surface area contributed by atoms with E-state index in [1.807, 2.05) is 60.2 Å². The summed E-state index contributed by atoms with van der Waals surface area (Å²) in [7, 11) is 0. The molecule has 1 aromatic heterocycles. The molecule has 5 rings (SSSR count). The third-order valence-corrected chi connectivity index (χ3v) is 6.98. The zero-order chi connectivity index (χ0) is 21.8. The average molecular weight is 421 g/mol. The van der Waals surface area contributed by atoms with Crippen LogP contribution in [0.15, 0.2) is 36.5 Å². The number of anilines is 1. The summed E-state index contributed by atoms with van der Waals surface area (Å²) in [6, 6.07) is 10.1. The van der Waals surface area contributed by atoms with Gasteiger partial charge in [0.2, 0.25) is 11.9 Å². The molecule has 0 bridgehead atoms. The van der Waals surface area contributed by atoms with Crippen LogP contribution in [0.1, 0.15) is 37.6 Å². The lowest BCUT2D eigenvalue weighted by Gasteiger charge is -2.32. The van der Waals surface area contributed by atoms with E-state index in [9.17, 15) is 9.59 Å². The smallest absolute Gasteiger partial charge is 0.318 e. The minimum atomic E-state index is -0.479. The second-order valence-corrected chi connectivity index (χ2v) is 9.27. The van der Waals surface area contributed by atoms with Gasteiger partial charge in [-0.05, 0) is 19.4 Å². The highest BCUT2D eigenvalue weighted by atomic mass is 16.2. The Bertz CT molecular complexity index is 1010. The van der Waals surface area contributed by atoms with Crippen LogP contribution in [-0.4, -0.2) is 50.8 Å². The first-order chi connectivity index (χ1) is 14.8. The maximum atomic E-state index is 12.9. The fourth-order valence-electron chi connectivity index (χ4n) is 4.95. The van der Waals surface area contributed by atoms with Crippen molar-refractivity contribution in [2.75, 3.05) is 18.4 Å². The van der Waals surface area contributed by atoms with Crippen LogP contribution in [-0.2, 0) is 23.4 Å². The van der Waals surface area contributed by atoms with Gasteiger partial charge in [-0.25, -0.2) is 14.8 Å². The van der Waals surface area contributed by atoms with E-state index in [1.165, 1.54) is 0 Å². The van der Waals surface area contributed by atoms with E-state index in [1.54, 1.807) is 6.92 Å². The molecule has 8 nitrogen and oxygen atoms in total. The zero-order valence-corrected chi connectivity index (χ0v) is 18.1. The first kappa shape index (κ1) is 19.8. The highest BCUT2D eigenvalue weighted by molar-refractivity contribution is 5.76. The average Bonchev–Trinajstić information content (AvgIpc) is 3.09. The first-order valence-electron chi connectivity index (χ1n) is 10.8. The normalized spacial score (nSPS) is 25.1. The Morgan fingerprint density at radius 1 is 1.16 bits per heavy atom. The van der Waals surface area contributed by atoms with E-state index in [2.05, 4.69) is 15.6 Å². The molecule has 2 aliphatic heterocycles. The molecule has 3 aliphatic rings. The van der Waals surface area contributed by atoms with Crippen molar-refractivity contribution >= 4 is 17.9 Å². The van der Waals surface area contributed by atoms with Gasteiger partial charge in [-0.2, -0.15) is 0 Å². The molecule has 2 N–H and O–H groups in total. The predicted octanol–water partition coefficient (Wildman–Crippen LogP) is 2.33. The number of amides is 3. The maximum absolute atomic E-state index is 12.9. The van der Waals surface area contributed by atoms with Crippen molar-refractivity contribution in [2.24, 2.45) is 11.8 Å². The van der Waals surface area contributed by atoms with Crippen LogP contribution in [0.4, 0.5) is 10.7 Å². The quantitative estimate of drug-likeness (QED) is 0.792. The Kier molecular flexibility index (Phi) is 4.60. The number of likely N-dealkylation sites (tertiary alicyclic amines) is 1. The van der Waals surface area contributed by atoms with E-state index in [4.69, 9.17) is 4.98 Å². The number of carbonyl (C=O) groups excluding carboxylic acids is 2. The summed E-state index contributed by atoms with van der Waals surface area (Å²) in [5, 5.41) is 6.47. The molecule has 1 saturated carbocycles. The van der Waals surface area contributed by atoms with Crippen LogP contribution in [0.3, 0.4) is 0 Å². The Labute approximate surface area is 182 Å². The third kappa shape index (κ3) is 3.49. The molecule has 3 heterocycles. The fraction of sp³-hybridized carbons (Fsp3) is 0.478. The zero-order valence-electron chi connectivity index (χ0n) is 18.1. The second kappa shape index (κ2) is 7.21. The number of benzene rings is 1. The number of nitrogens with zero attached hydrogens (tertiary/aromatic N) is 4. The Hall–Kier alpha value is -3.16. The molecule has 0 spiro atoms.